The zero-order valence-corrected chi connectivity index (χ0v) is 12.2. The average Bonchev–Trinajstić information content (AvgIpc) is 2.27. The summed E-state index contributed by atoms with van der Waals surface area (Å²) < 4.78 is 5.65. The lowest BCUT2D eigenvalue weighted by atomic mass is 10.0. The van der Waals surface area contributed by atoms with Gasteiger partial charge in [-0.15, -0.1) is 0 Å². The number of hydrogen-bond donors (Lipinski definition) is 2. The van der Waals surface area contributed by atoms with E-state index in [9.17, 15) is 9.90 Å². The lowest BCUT2D eigenvalue weighted by Crippen LogP contribution is -2.33. The summed E-state index contributed by atoms with van der Waals surface area (Å²) in [6.45, 7) is 9.72. The first-order chi connectivity index (χ1) is 8.81. The fraction of sp³-hybridized carbons (Fsp3) is 0.533. The molecule has 0 bridgehead atoms. The molecule has 0 amide bonds. The topological polar surface area (TPSA) is 58.6 Å². The zero-order chi connectivity index (χ0) is 14.6. The molecule has 19 heavy (non-hydrogen) atoms. The van der Waals surface area contributed by atoms with Gasteiger partial charge in [-0.2, -0.15) is 0 Å². The van der Waals surface area contributed by atoms with Crippen LogP contribution in [-0.4, -0.2) is 23.2 Å². The fourth-order valence-corrected chi connectivity index (χ4v) is 1.88. The van der Waals surface area contributed by atoms with Crippen LogP contribution in [-0.2, 0) is 4.79 Å². The van der Waals surface area contributed by atoms with Crippen LogP contribution in [0.15, 0.2) is 18.2 Å². The van der Waals surface area contributed by atoms with E-state index < -0.39 is 12.0 Å². The molecule has 1 atom stereocenters. The summed E-state index contributed by atoms with van der Waals surface area (Å²) in [5.41, 5.74) is 1.69. The van der Waals surface area contributed by atoms with E-state index in [0.29, 0.717) is 0 Å². The number of carbonyl (C=O) groups is 1. The Labute approximate surface area is 114 Å². The van der Waals surface area contributed by atoms with Crippen molar-refractivity contribution in [2.24, 2.45) is 0 Å². The molecule has 4 heteroatoms. The molecule has 0 radical (unpaired) electrons. The van der Waals surface area contributed by atoms with Gasteiger partial charge < -0.3 is 9.84 Å². The van der Waals surface area contributed by atoms with Gasteiger partial charge >= 0.3 is 5.97 Å². The number of carboxylic acid groups (broad SMARTS) is 1. The third-order valence-electron chi connectivity index (χ3n) is 2.64. The lowest BCUT2D eigenvalue weighted by molar-refractivity contribution is -0.139. The highest BCUT2D eigenvalue weighted by atomic mass is 16.5. The molecule has 0 saturated carbocycles. The minimum Gasteiger partial charge on any atom is -0.491 e. The number of aliphatic carboxylic acids is 1. The monoisotopic (exact) mass is 265 g/mol. The van der Waals surface area contributed by atoms with Gasteiger partial charge in [-0.1, -0.05) is 12.1 Å². The smallest absolute Gasteiger partial charge is 0.325 e. The predicted octanol–water partition coefficient (Wildman–Crippen LogP) is 2.91. The number of ether oxygens (including phenoxy) is 1. The molecule has 0 aliphatic carbocycles. The second-order valence-electron chi connectivity index (χ2n) is 5.28. The van der Waals surface area contributed by atoms with Crippen LogP contribution in [0.1, 0.15) is 44.9 Å². The molecular formula is C15H23NO3. The number of rotatable bonds is 6. The van der Waals surface area contributed by atoms with Crippen LogP contribution in [0, 0.1) is 6.92 Å². The summed E-state index contributed by atoms with van der Waals surface area (Å²) in [5, 5.41) is 12.3. The Morgan fingerprint density at radius 1 is 1.26 bits per heavy atom. The predicted molar refractivity (Wildman–Crippen MR) is 75.6 cm³/mol. The van der Waals surface area contributed by atoms with Crippen molar-refractivity contribution in [1.29, 1.82) is 0 Å². The van der Waals surface area contributed by atoms with Crippen molar-refractivity contribution in [1.82, 2.24) is 5.32 Å². The van der Waals surface area contributed by atoms with Crippen molar-refractivity contribution in [3.05, 3.63) is 29.3 Å². The minimum absolute atomic E-state index is 0.105. The van der Waals surface area contributed by atoms with Crippen molar-refractivity contribution >= 4 is 5.97 Å². The fourth-order valence-electron chi connectivity index (χ4n) is 1.88. The molecule has 4 nitrogen and oxygen atoms in total. The van der Waals surface area contributed by atoms with Crippen LogP contribution in [0.25, 0.3) is 0 Å². The van der Waals surface area contributed by atoms with Gasteiger partial charge in [0.1, 0.15) is 11.8 Å². The van der Waals surface area contributed by atoms with E-state index in [0.717, 1.165) is 16.9 Å². The summed E-state index contributed by atoms with van der Waals surface area (Å²) >= 11 is 0. The standard InChI is InChI=1S/C15H23NO3/c1-9(2)16-14(15(17)18)12-6-7-13(11(5)8-12)19-10(3)4/h6-10,14,16H,1-5H3,(H,17,18). The summed E-state index contributed by atoms with van der Waals surface area (Å²) in [6.07, 6.45) is 0.105. The van der Waals surface area contributed by atoms with Crippen LogP contribution in [0.3, 0.4) is 0 Å². The van der Waals surface area contributed by atoms with Crippen molar-refractivity contribution in [3.8, 4) is 5.75 Å². The summed E-state index contributed by atoms with van der Waals surface area (Å²) in [4.78, 5) is 11.3. The number of nitrogens with one attached hydrogen (secondary N) is 1. The Morgan fingerprint density at radius 3 is 2.32 bits per heavy atom. The molecule has 106 valence electrons. The number of aryl methyl sites for hydroxylation is 1. The second-order valence-corrected chi connectivity index (χ2v) is 5.28. The first-order valence-corrected chi connectivity index (χ1v) is 6.57. The van der Waals surface area contributed by atoms with Crippen LogP contribution < -0.4 is 10.1 Å². The molecule has 2 N–H and O–H groups in total. The van der Waals surface area contributed by atoms with Crippen LogP contribution in [0.5, 0.6) is 5.75 Å². The van der Waals surface area contributed by atoms with E-state index >= 15 is 0 Å². The quantitative estimate of drug-likeness (QED) is 0.830. The van der Waals surface area contributed by atoms with Gasteiger partial charge in [0.15, 0.2) is 0 Å². The van der Waals surface area contributed by atoms with Crippen molar-refractivity contribution in [3.63, 3.8) is 0 Å². The van der Waals surface area contributed by atoms with Crippen molar-refractivity contribution in [2.45, 2.75) is 52.8 Å². The highest BCUT2D eigenvalue weighted by molar-refractivity contribution is 5.75. The molecular weight excluding hydrogens is 242 g/mol. The van der Waals surface area contributed by atoms with Crippen molar-refractivity contribution in [2.75, 3.05) is 0 Å². The number of benzene rings is 1. The molecule has 0 heterocycles. The normalized spacial score (nSPS) is 12.8. The Morgan fingerprint density at radius 2 is 1.89 bits per heavy atom. The molecule has 0 aliphatic rings. The van der Waals surface area contributed by atoms with Crippen molar-refractivity contribution < 1.29 is 14.6 Å². The van der Waals surface area contributed by atoms with Gasteiger partial charge in [0.05, 0.1) is 6.10 Å². The van der Waals surface area contributed by atoms with Gasteiger partial charge in [0.25, 0.3) is 0 Å². The van der Waals surface area contributed by atoms with E-state index in [-0.39, 0.29) is 12.1 Å². The molecule has 1 aromatic rings. The Kier molecular flexibility index (Phi) is 5.36. The Hall–Kier alpha value is -1.55. The summed E-state index contributed by atoms with van der Waals surface area (Å²) in [5.74, 6) is -0.0712. The maximum absolute atomic E-state index is 11.3. The average molecular weight is 265 g/mol. The minimum atomic E-state index is -0.870. The number of carboxylic acids is 1. The molecule has 0 aromatic heterocycles. The Balaban J connectivity index is 2.99. The first kappa shape index (κ1) is 15.5. The molecule has 1 unspecified atom stereocenters. The highest BCUT2D eigenvalue weighted by Gasteiger charge is 2.21. The number of hydrogen-bond acceptors (Lipinski definition) is 3. The molecule has 0 fully saturated rings. The van der Waals surface area contributed by atoms with E-state index in [1.165, 1.54) is 0 Å². The lowest BCUT2D eigenvalue weighted by Gasteiger charge is -2.19. The second kappa shape index (κ2) is 6.57. The van der Waals surface area contributed by atoms with Gasteiger partial charge in [0, 0.05) is 6.04 Å². The summed E-state index contributed by atoms with van der Waals surface area (Å²) in [7, 11) is 0. The maximum atomic E-state index is 11.3. The summed E-state index contributed by atoms with van der Waals surface area (Å²) in [6, 6.07) is 4.92. The van der Waals surface area contributed by atoms with Crippen LogP contribution >= 0.6 is 0 Å². The van der Waals surface area contributed by atoms with E-state index in [1.807, 2.05) is 46.8 Å². The molecule has 0 spiro atoms. The van der Waals surface area contributed by atoms with E-state index in [1.54, 1.807) is 6.07 Å². The molecule has 0 aliphatic heterocycles. The molecule has 1 aromatic carbocycles. The van der Waals surface area contributed by atoms with E-state index in [4.69, 9.17) is 4.74 Å². The first-order valence-electron chi connectivity index (χ1n) is 6.57. The van der Waals surface area contributed by atoms with Crippen LogP contribution in [0.4, 0.5) is 0 Å². The van der Waals surface area contributed by atoms with Gasteiger partial charge in [-0.3, -0.25) is 10.1 Å². The Bertz CT molecular complexity index is 441. The third-order valence-corrected chi connectivity index (χ3v) is 2.64. The van der Waals surface area contributed by atoms with Gasteiger partial charge in [-0.25, -0.2) is 0 Å². The SMILES string of the molecule is Cc1cc(C(NC(C)C)C(=O)O)ccc1OC(C)C. The highest BCUT2D eigenvalue weighted by Crippen LogP contribution is 2.24. The third kappa shape index (κ3) is 4.56. The zero-order valence-electron chi connectivity index (χ0n) is 12.2. The van der Waals surface area contributed by atoms with E-state index in [2.05, 4.69) is 5.32 Å². The van der Waals surface area contributed by atoms with Gasteiger partial charge in [0.2, 0.25) is 0 Å². The van der Waals surface area contributed by atoms with Crippen LogP contribution in [0.2, 0.25) is 0 Å². The maximum Gasteiger partial charge on any atom is 0.325 e. The molecule has 1 rings (SSSR count). The molecule has 0 saturated heterocycles. The van der Waals surface area contributed by atoms with Gasteiger partial charge in [-0.05, 0) is 51.8 Å². The largest absolute Gasteiger partial charge is 0.491 e.